The smallest absolute Gasteiger partial charge is 0.266 e. The van der Waals surface area contributed by atoms with E-state index in [-0.39, 0.29) is 15.6 Å². The number of hydrogen-bond donors (Lipinski definition) is 1. The molecule has 0 aliphatic heterocycles. The van der Waals surface area contributed by atoms with Crippen molar-refractivity contribution < 1.29 is 9.53 Å². The van der Waals surface area contributed by atoms with Gasteiger partial charge < -0.3 is 10.1 Å². The largest absolute Gasteiger partial charge is 0.486 e. The van der Waals surface area contributed by atoms with Crippen molar-refractivity contribution in [3.8, 4) is 11.8 Å². The van der Waals surface area contributed by atoms with Crippen LogP contribution in [-0.4, -0.2) is 5.91 Å². The second-order valence-corrected chi connectivity index (χ2v) is 8.35. The van der Waals surface area contributed by atoms with Gasteiger partial charge in [-0.15, -0.1) is 0 Å². The van der Waals surface area contributed by atoms with Crippen molar-refractivity contribution in [3.63, 3.8) is 0 Å². The number of nitriles is 1. The van der Waals surface area contributed by atoms with E-state index in [0.717, 1.165) is 11.1 Å². The quantitative estimate of drug-likeness (QED) is 0.292. The van der Waals surface area contributed by atoms with Crippen LogP contribution in [0.2, 0.25) is 15.1 Å². The van der Waals surface area contributed by atoms with Crippen LogP contribution < -0.4 is 10.1 Å². The maximum atomic E-state index is 12.6. The Hall–Kier alpha value is -2.97. The molecule has 0 saturated carbocycles. The van der Waals surface area contributed by atoms with Crippen molar-refractivity contribution in [2.24, 2.45) is 0 Å². The Balaban J connectivity index is 1.78. The SMILES string of the molecule is Cc1ccc(COc2c(Cl)cc(/C=C(/C#N)C(=O)Nc3cccc(Cl)c3C)cc2Cl)cc1. The van der Waals surface area contributed by atoms with Gasteiger partial charge in [-0.25, -0.2) is 0 Å². The molecule has 0 aliphatic rings. The van der Waals surface area contributed by atoms with Gasteiger partial charge in [0.15, 0.2) is 5.75 Å². The van der Waals surface area contributed by atoms with E-state index in [4.69, 9.17) is 39.5 Å². The molecule has 0 aromatic heterocycles. The molecule has 0 bridgehead atoms. The van der Waals surface area contributed by atoms with Crippen LogP contribution >= 0.6 is 34.8 Å². The van der Waals surface area contributed by atoms with E-state index in [2.05, 4.69) is 5.32 Å². The molecule has 0 atom stereocenters. The summed E-state index contributed by atoms with van der Waals surface area (Å²) in [4.78, 5) is 12.6. The third kappa shape index (κ3) is 5.83. The third-order valence-electron chi connectivity index (χ3n) is 4.72. The monoisotopic (exact) mass is 484 g/mol. The summed E-state index contributed by atoms with van der Waals surface area (Å²) < 4.78 is 5.79. The lowest BCUT2D eigenvalue weighted by molar-refractivity contribution is -0.112. The van der Waals surface area contributed by atoms with Gasteiger partial charge in [0.25, 0.3) is 5.91 Å². The van der Waals surface area contributed by atoms with Crippen LogP contribution in [0.4, 0.5) is 5.69 Å². The molecule has 3 aromatic rings. The van der Waals surface area contributed by atoms with Crippen molar-refractivity contribution in [2.45, 2.75) is 20.5 Å². The Morgan fingerprint density at radius 1 is 1.03 bits per heavy atom. The maximum Gasteiger partial charge on any atom is 0.266 e. The molecular weight excluding hydrogens is 467 g/mol. The number of carbonyl (C=O) groups is 1. The normalized spacial score (nSPS) is 11.1. The molecule has 0 aliphatic carbocycles. The minimum absolute atomic E-state index is 0.107. The number of ether oxygens (including phenoxy) is 1. The summed E-state index contributed by atoms with van der Waals surface area (Å²) in [5, 5.41) is 13.3. The van der Waals surface area contributed by atoms with E-state index in [0.29, 0.717) is 34.2 Å². The lowest BCUT2D eigenvalue weighted by atomic mass is 10.1. The van der Waals surface area contributed by atoms with Gasteiger partial charge in [0.05, 0.1) is 10.0 Å². The molecule has 0 spiro atoms. The molecule has 4 nitrogen and oxygen atoms in total. The summed E-state index contributed by atoms with van der Waals surface area (Å²) in [5.41, 5.74) is 3.76. The second kappa shape index (κ2) is 10.6. The van der Waals surface area contributed by atoms with Gasteiger partial charge in [0, 0.05) is 10.7 Å². The van der Waals surface area contributed by atoms with Crippen molar-refractivity contribution in [1.29, 1.82) is 5.26 Å². The van der Waals surface area contributed by atoms with Crippen LogP contribution in [0.5, 0.6) is 5.75 Å². The summed E-state index contributed by atoms with van der Waals surface area (Å²) >= 11 is 18.8. The van der Waals surface area contributed by atoms with Gasteiger partial charge in [-0.1, -0.05) is 70.7 Å². The predicted octanol–water partition coefficient (Wildman–Crippen LogP) is 7.39. The van der Waals surface area contributed by atoms with Crippen LogP contribution in [0.15, 0.2) is 60.2 Å². The molecule has 1 N–H and O–H groups in total. The van der Waals surface area contributed by atoms with Gasteiger partial charge in [-0.2, -0.15) is 5.26 Å². The molecule has 0 saturated heterocycles. The fraction of sp³-hybridized carbons (Fsp3) is 0.120. The van der Waals surface area contributed by atoms with Crippen molar-refractivity contribution in [3.05, 3.63) is 97.5 Å². The molecule has 0 heterocycles. The van der Waals surface area contributed by atoms with Crippen molar-refractivity contribution in [1.82, 2.24) is 0 Å². The highest BCUT2D eigenvalue weighted by atomic mass is 35.5. The molecule has 3 rings (SSSR count). The Labute approximate surface area is 202 Å². The Kier molecular flexibility index (Phi) is 7.82. The molecule has 0 unspecified atom stereocenters. The summed E-state index contributed by atoms with van der Waals surface area (Å²) in [5.74, 6) is -0.228. The first-order valence-corrected chi connectivity index (χ1v) is 10.8. The van der Waals surface area contributed by atoms with Crippen LogP contribution in [-0.2, 0) is 11.4 Å². The number of halogens is 3. The molecule has 32 heavy (non-hydrogen) atoms. The first kappa shape index (κ1) is 23.7. The summed E-state index contributed by atoms with van der Waals surface area (Å²) in [6.45, 7) is 4.10. The number of amides is 1. The van der Waals surface area contributed by atoms with E-state index < -0.39 is 5.91 Å². The number of anilines is 1. The molecule has 162 valence electrons. The van der Waals surface area contributed by atoms with Crippen LogP contribution in [0.25, 0.3) is 6.08 Å². The highest BCUT2D eigenvalue weighted by Gasteiger charge is 2.14. The minimum Gasteiger partial charge on any atom is -0.486 e. The fourth-order valence-corrected chi connectivity index (χ4v) is 3.68. The second-order valence-electron chi connectivity index (χ2n) is 7.12. The van der Waals surface area contributed by atoms with Gasteiger partial charge in [-0.3, -0.25) is 4.79 Å². The minimum atomic E-state index is -0.565. The number of hydrogen-bond acceptors (Lipinski definition) is 3. The highest BCUT2D eigenvalue weighted by Crippen LogP contribution is 2.35. The predicted molar refractivity (Wildman–Crippen MR) is 130 cm³/mol. The number of nitrogens with zero attached hydrogens (tertiary/aromatic N) is 1. The van der Waals surface area contributed by atoms with Gasteiger partial charge in [-0.05, 0) is 60.9 Å². The molecular formula is C25H19Cl3N2O2. The zero-order valence-corrected chi connectivity index (χ0v) is 19.6. The average molecular weight is 486 g/mol. The van der Waals surface area contributed by atoms with E-state index in [9.17, 15) is 10.1 Å². The highest BCUT2D eigenvalue weighted by molar-refractivity contribution is 6.37. The standard InChI is InChI=1S/C25H19Cl3N2O2/c1-15-6-8-17(9-7-15)14-32-24-21(27)11-18(12-22(24)28)10-19(13-29)25(31)30-23-5-3-4-20(26)16(23)2/h3-12H,14H2,1-2H3,(H,30,31)/b19-10-. The fourth-order valence-electron chi connectivity index (χ4n) is 2.89. The van der Waals surface area contributed by atoms with E-state index in [1.54, 1.807) is 37.3 Å². The van der Waals surface area contributed by atoms with E-state index in [1.165, 1.54) is 6.08 Å². The van der Waals surface area contributed by atoms with Gasteiger partial charge >= 0.3 is 0 Å². The van der Waals surface area contributed by atoms with Crippen LogP contribution in [0.3, 0.4) is 0 Å². The summed E-state index contributed by atoms with van der Waals surface area (Å²) in [6.07, 6.45) is 1.41. The number of rotatable bonds is 6. The first-order valence-electron chi connectivity index (χ1n) is 9.64. The number of benzene rings is 3. The Morgan fingerprint density at radius 2 is 1.69 bits per heavy atom. The van der Waals surface area contributed by atoms with Crippen LogP contribution in [0.1, 0.15) is 22.3 Å². The van der Waals surface area contributed by atoms with E-state index >= 15 is 0 Å². The Bertz CT molecular complexity index is 1210. The third-order valence-corrected chi connectivity index (χ3v) is 5.69. The maximum absolute atomic E-state index is 12.6. The van der Waals surface area contributed by atoms with Crippen molar-refractivity contribution in [2.75, 3.05) is 5.32 Å². The molecule has 7 heteroatoms. The van der Waals surface area contributed by atoms with Crippen molar-refractivity contribution >= 4 is 52.5 Å². The van der Waals surface area contributed by atoms with Gasteiger partial charge in [0.2, 0.25) is 0 Å². The summed E-state index contributed by atoms with van der Waals surface area (Å²) in [6, 6.07) is 18.2. The molecule has 0 fully saturated rings. The lowest BCUT2D eigenvalue weighted by Gasteiger charge is -2.12. The number of nitrogens with one attached hydrogen (secondary N) is 1. The number of carbonyl (C=O) groups excluding carboxylic acids is 1. The molecule has 1 amide bonds. The van der Waals surface area contributed by atoms with Gasteiger partial charge in [0.1, 0.15) is 18.2 Å². The number of aryl methyl sites for hydroxylation is 1. The van der Waals surface area contributed by atoms with Crippen LogP contribution in [0, 0.1) is 25.2 Å². The average Bonchev–Trinajstić information content (AvgIpc) is 2.76. The summed E-state index contributed by atoms with van der Waals surface area (Å²) in [7, 11) is 0. The Morgan fingerprint density at radius 3 is 2.31 bits per heavy atom. The first-order chi connectivity index (χ1) is 15.3. The van der Waals surface area contributed by atoms with E-state index in [1.807, 2.05) is 37.3 Å². The molecule has 3 aromatic carbocycles. The zero-order valence-electron chi connectivity index (χ0n) is 17.4. The topological polar surface area (TPSA) is 62.1 Å². The lowest BCUT2D eigenvalue weighted by Crippen LogP contribution is -2.14. The molecule has 0 radical (unpaired) electrons. The zero-order chi connectivity index (χ0) is 23.3.